The number of likely N-dealkylation sites (tertiary alicyclic amines) is 1. The quantitative estimate of drug-likeness (QED) is 0.429. The SMILES string of the molecule is CCc1cc([C@H](c2ccc(SC)cc2)N2CCCCC2)c(NC(=O)c2ccco2)s1. The Kier molecular flexibility index (Phi) is 6.97. The lowest BCUT2D eigenvalue weighted by Gasteiger charge is -2.35. The van der Waals surface area contributed by atoms with Crippen molar-refractivity contribution < 1.29 is 9.21 Å². The lowest BCUT2D eigenvalue weighted by atomic mass is 9.96. The molecular weight excluding hydrogens is 412 g/mol. The molecule has 0 spiro atoms. The lowest BCUT2D eigenvalue weighted by Crippen LogP contribution is -2.34. The maximum absolute atomic E-state index is 12.7. The number of thioether (sulfide) groups is 1. The molecule has 3 heterocycles. The molecule has 1 aliphatic rings. The largest absolute Gasteiger partial charge is 0.459 e. The minimum absolute atomic E-state index is 0.143. The number of anilines is 1. The van der Waals surface area contributed by atoms with Gasteiger partial charge in [0.15, 0.2) is 5.76 Å². The van der Waals surface area contributed by atoms with E-state index in [0.29, 0.717) is 5.76 Å². The smallest absolute Gasteiger partial charge is 0.291 e. The van der Waals surface area contributed by atoms with E-state index in [-0.39, 0.29) is 11.9 Å². The normalized spacial score (nSPS) is 15.8. The molecule has 158 valence electrons. The Hall–Kier alpha value is -2.02. The topological polar surface area (TPSA) is 45.5 Å². The highest BCUT2D eigenvalue weighted by Gasteiger charge is 2.28. The van der Waals surface area contributed by atoms with E-state index in [1.54, 1.807) is 35.2 Å². The second-order valence-electron chi connectivity index (χ2n) is 7.55. The number of nitrogens with one attached hydrogen (secondary N) is 1. The Morgan fingerprint density at radius 2 is 1.97 bits per heavy atom. The predicted molar refractivity (Wildman–Crippen MR) is 126 cm³/mol. The third-order valence-corrected chi connectivity index (χ3v) is 7.57. The zero-order valence-corrected chi connectivity index (χ0v) is 19.2. The van der Waals surface area contributed by atoms with E-state index in [4.69, 9.17) is 4.42 Å². The van der Waals surface area contributed by atoms with E-state index in [9.17, 15) is 4.79 Å². The van der Waals surface area contributed by atoms with Crippen LogP contribution in [0.1, 0.15) is 58.8 Å². The van der Waals surface area contributed by atoms with Crippen molar-refractivity contribution in [3.8, 4) is 0 Å². The number of aryl methyl sites for hydroxylation is 1. The van der Waals surface area contributed by atoms with Crippen molar-refractivity contribution in [1.82, 2.24) is 4.90 Å². The highest BCUT2D eigenvalue weighted by molar-refractivity contribution is 7.98. The number of piperidine rings is 1. The molecule has 4 rings (SSSR count). The van der Waals surface area contributed by atoms with Crippen LogP contribution in [-0.2, 0) is 6.42 Å². The standard InChI is InChI=1S/C24H28N2O2S2/c1-3-18-16-20(24(30-18)25-23(27)21-8-7-15-28-21)22(26-13-5-4-6-14-26)17-9-11-19(29-2)12-10-17/h7-12,15-16,22H,3-6,13-14H2,1-2H3,(H,25,27)/t22-/m0/s1. The van der Waals surface area contributed by atoms with E-state index in [1.165, 1.54) is 46.4 Å². The van der Waals surface area contributed by atoms with Crippen molar-refractivity contribution in [2.45, 2.75) is 43.5 Å². The van der Waals surface area contributed by atoms with Crippen molar-refractivity contribution in [3.05, 3.63) is 70.5 Å². The summed E-state index contributed by atoms with van der Waals surface area (Å²) < 4.78 is 5.31. The first kappa shape index (κ1) is 21.2. The van der Waals surface area contributed by atoms with Crippen LogP contribution in [0.2, 0.25) is 0 Å². The van der Waals surface area contributed by atoms with Gasteiger partial charge in [-0.3, -0.25) is 9.69 Å². The van der Waals surface area contributed by atoms with E-state index < -0.39 is 0 Å². The second kappa shape index (κ2) is 9.86. The van der Waals surface area contributed by atoms with Crippen LogP contribution in [0.25, 0.3) is 0 Å². The molecule has 0 saturated carbocycles. The van der Waals surface area contributed by atoms with Gasteiger partial charge in [-0.25, -0.2) is 0 Å². The molecule has 1 N–H and O–H groups in total. The average molecular weight is 441 g/mol. The van der Waals surface area contributed by atoms with Crippen molar-refractivity contribution >= 4 is 34.0 Å². The summed E-state index contributed by atoms with van der Waals surface area (Å²) >= 11 is 3.43. The monoisotopic (exact) mass is 440 g/mol. The average Bonchev–Trinajstić information content (AvgIpc) is 3.46. The summed E-state index contributed by atoms with van der Waals surface area (Å²) in [6.45, 7) is 4.33. The van der Waals surface area contributed by atoms with Gasteiger partial charge < -0.3 is 9.73 Å². The first-order valence-corrected chi connectivity index (χ1v) is 12.6. The number of hydrogen-bond donors (Lipinski definition) is 1. The molecule has 0 radical (unpaired) electrons. The van der Waals surface area contributed by atoms with Gasteiger partial charge >= 0.3 is 0 Å². The van der Waals surface area contributed by atoms with Gasteiger partial charge in [0.05, 0.1) is 12.3 Å². The minimum atomic E-state index is -0.194. The maximum Gasteiger partial charge on any atom is 0.291 e. The van der Waals surface area contributed by atoms with Crippen molar-refractivity contribution in [3.63, 3.8) is 0 Å². The van der Waals surface area contributed by atoms with Crippen LogP contribution in [0.5, 0.6) is 0 Å². The minimum Gasteiger partial charge on any atom is -0.459 e. The van der Waals surface area contributed by atoms with Crippen LogP contribution in [0.4, 0.5) is 5.00 Å². The third kappa shape index (κ3) is 4.66. The van der Waals surface area contributed by atoms with Gasteiger partial charge in [-0.2, -0.15) is 0 Å². The summed E-state index contributed by atoms with van der Waals surface area (Å²) in [4.78, 5) is 17.8. The number of furan rings is 1. The number of rotatable bonds is 7. The fourth-order valence-corrected chi connectivity index (χ4v) is 5.49. The molecule has 1 aromatic carbocycles. The fourth-order valence-electron chi connectivity index (χ4n) is 4.06. The highest BCUT2D eigenvalue weighted by Crippen LogP contribution is 2.41. The van der Waals surface area contributed by atoms with E-state index >= 15 is 0 Å². The molecule has 0 unspecified atom stereocenters. The molecule has 1 amide bonds. The van der Waals surface area contributed by atoms with Crippen LogP contribution < -0.4 is 5.32 Å². The summed E-state index contributed by atoms with van der Waals surface area (Å²) in [7, 11) is 0. The molecule has 4 nitrogen and oxygen atoms in total. The molecule has 1 saturated heterocycles. The number of carbonyl (C=O) groups is 1. The Balaban J connectivity index is 1.73. The first-order chi connectivity index (χ1) is 14.7. The van der Waals surface area contributed by atoms with Crippen LogP contribution in [0, 0.1) is 0 Å². The second-order valence-corrected chi connectivity index (χ2v) is 9.57. The van der Waals surface area contributed by atoms with Crippen LogP contribution in [0.15, 0.2) is 58.0 Å². The highest BCUT2D eigenvalue weighted by atomic mass is 32.2. The van der Waals surface area contributed by atoms with Crippen molar-refractivity contribution in [2.24, 2.45) is 0 Å². The maximum atomic E-state index is 12.7. The number of hydrogen-bond acceptors (Lipinski definition) is 5. The summed E-state index contributed by atoms with van der Waals surface area (Å²) in [5, 5.41) is 4.06. The molecular formula is C24H28N2O2S2. The number of nitrogens with zero attached hydrogens (tertiary/aromatic N) is 1. The molecule has 2 aromatic heterocycles. The number of thiophene rings is 1. The first-order valence-electron chi connectivity index (χ1n) is 10.5. The molecule has 0 aliphatic carbocycles. The van der Waals surface area contributed by atoms with Crippen LogP contribution >= 0.6 is 23.1 Å². The Labute approximate surface area is 186 Å². The third-order valence-electron chi connectivity index (χ3n) is 5.61. The zero-order chi connectivity index (χ0) is 20.9. The van der Waals surface area contributed by atoms with Gasteiger partial charge in [-0.05, 0) is 74.5 Å². The van der Waals surface area contributed by atoms with Crippen molar-refractivity contribution in [2.75, 3.05) is 24.7 Å². The fraction of sp³-hybridized carbons (Fsp3) is 0.375. The van der Waals surface area contributed by atoms with E-state index in [2.05, 4.69) is 53.7 Å². The summed E-state index contributed by atoms with van der Waals surface area (Å²) in [6, 6.07) is 14.8. The predicted octanol–water partition coefficient (Wildman–Crippen LogP) is 6.45. The number of benzene rings is 1. The summed E-state index contributed by atoms with van der Waals surface area (Å²) in [5.41, 5.74) is 2.47. The van der Waals surface area contributed by atoms with Gasteiger partial charge in [0.1, 0.15) is 5.00 Å². The van der Waals surface area contributed by atoms with Gasteiger partial charge in [-0.15, -0.1) is 23.1 Å². The van der Waals surface area contributed by atoms with Crippen LogP contribution in [-0.4, -0.2) is 30.2 Å². The molecule has 1 aliphatic heterocycles. The molecule has 0 bridgehead atoms. The Morgan fingerprint density at radius 1 is 1.20 bits per heavy atom. The molecule has 3 aromatic rings. The van der Waals surface area contributed by atoms with E-state index in [1.807, 2.05) is 0 Å². The van der Waals surface area contributed by atoms with Gasteiger partial charge in [0, 0.05) is 15.3 Å². The van der Waals surface area contributed by atoms with Gasteiger partial charge in [-0.1, -0.05) is 25.5 Å². The molecule has 1 fully saturated rings. The number of carbonyl (C=O) groups excluding carboxylic acids is 1. The summed E-state index contributed by atoms with van der Waals surface area (Å²) in [5.74, 6) is 0.145. The molecule has 30 heavy (non-hydrogen) atoms. The van der Waals surface area contributed by atoms with Crippen LogP contribution in [0.3, 0.4) is 0 Å². The Bertz CT molecular complexity index is 958. The van der Waals surface area contributed by atoms with Crippen molar-refractivity contribution in [1.29, 1.82) is 0 Å². The summed E-state index contributed by atoms with van der Waals surface area (Å²) in [6.07, 6.45) is 8.32. The lowest BCUT2D eigenvalue weighted by molar-refractivity contribution is 0.0996. The molecule has 1 atom stereocenters. The molecule has 6 heteroatoms. The zero-order valence-electron chi connectivity index (χ0n) is 17.5. The number of amides is 1. The van der Waals surface area contributed by atoms with E-state index in [0.717, 1.165) is 24.5 Å². The Morgan fingerprint density at radius 3 is 2.60 bits per heavy atom. The van der Waals surface area contributed by atoms with Gasteiger partial charge in [0.25, 0.3) is 5.91 Å². The van der Waals surface area contributed by atoms with Gasteiger partial charge in [0.2, 0.25) is 0 Å².